The molecule has 0 unspecified atom stereocenters. The van der Waals surface area contributed by atoms with Crippen LogP contribution in [0.4, 0.5) is 5.69 Å². The van der Waals surface area contributed by atoms with Crippen LogP contribution in [0.5, 0.6) is 0 Å². The minimum absolute atomic E-state index is 0.0681. The van der Waals surface area contributed by atoms with Gasteiger partial charge in [-0.2, -0.15) is 4.99 Å². The van der Waals surface area contributed by atoms with Gasteiger partial charge in [0.05, 0.1) is 5.69 Å². The Morgan fingerprint density at radius 1 is 1.47 bits per heavy atom. The number of carbonyl (C=O) groups excluding carboxylic acids is 1. The number of benzene rings is 1. The highest BCUT2D eigenvalue weighted by Crippen LogP contribution is 2.16. The average molecular weight is 204 g/mol. The Bertz CT molecular complexity index is 426. The fourth-order valence-electron chi connectivity index (χ4n) is 1.34. The molecule has 4 nitrogen and oxygen atoms in total. The molecule has 0 aromatic heterocycles. The van der Waals surface area contributed by atoms with Crippen molar-refractivity contribution in [2.45, 2.75) is 6.92 Å². The molecule has 0 N–H and O–H groups in total. The van der Waals surface area contributed by atoms with Gasteiger partial charge >= 0.3 is 0 Å². The number of amides is 1. The first-order chi connectivity index (χ1) is 7.16. The summed E-state index contributed by atoms with van der Waals surface area (Å²) in [7, 11) is 1.66. The third kappa shape index (κ3) is 1.98. The minimum Gasteiger partial charge on any atom is -0.454 e. The summed E-state index contributed by atoms with van der Waals surface area (Å²) in [6.45, 7) is 2.08. The van der Waals surface area contributed by atoms with Crippen molar-refractivity contribution >= 4 is 17.6 Å². The molecule has 1 aromatic rings. The first-order valence-electron chi connectivity index (χ1n) is 4.71. The largest absolute Gasteiger partial charge is 0.454 e. The molecule has 0 saturated carbocycles. The van der Waals surface area contributed by atoms with Gasteiger partial charge in [-0.15, -0.1) is 0 Å². The summed E-state index contributed by atoms with van der Waals surface area (Å²) in [5.74, 6) is -0.0681. The van der Waals surface area contributed by atoms with Crippen molar-refractivity contribution in [3.05, 3.63) is 29.8 Å². The highest BCUT2D eigenvalue weighted by molar-refractivity contribution is 6.00. The number of amidine groups is 1. The van der Waals surface area contributed by atoms with Crippen LogP contribution in [0.25, 0.3) is 0 Å². The van der Waals surface area contributed by atoms with E-state index in [1.807, 2.05) is 31.2 Å². The smallest absolute Gasteiger partial charge is 0.299 e. The lowest BCUT2D eigenvalue weighted by Gasteiger charge is -2.05. The fourth-order valence-corrected chi connectivity index (χ4v) is 1.34. The number of likely N-dealkylation sites (N-methyl/N-ethyl adjacent to an activating group) is 1. The van der Waals surface area contributed by atoms with E-state index in [0.717, 1.165) is 11.3 Å². The Morgan fingerprint density at radius 3 is 2.87 bits per heavy atom. The van der Waals surface area contributed by atoms with Gasteiger partial charge in [-0.1, -0.05) is 12.1 Å². The van der Waals surface area contributed by atoms with Gasteiger partial charge in [-0.25, -0.2) is 0 Å². The lowest BCUT2D eigenvalue weighted by molar-refractivity contribution is -0.124. The van der Waals surface area contributed by atoms with Crippen LogP contribution < -0.4 is 0 Å². The number of rotatable bonds is 1. The van der Waals surface area contributed by atoms with Crippen LogP contribution in [0.1, 0.15) is 5.56 Å². The summed E-state index contributed by atoms with van der Waals surface area (Å²) in [5, 5.41) is 0. The predicted molar refractivity (Wildman–Crippen MR) is 57.0 cm³/mol. The molecule has 1 aliphatic rings. The van der Waals surface area contributed by atoms with Gasteiger partial charge in [-0.3, -0.25) is 9.69 Å². The van der Waals surface area contributed by atoms with Crippen molar-refractivity contribution in [2.24, 2.45) is 4.99 Å². The zero-order chi connectivity index (χ0) is 10.8. The Labute approximate surface area is 88.2 Å². The summed E-state index contributed by atoms with van der Waals surface area (Å²) in [4.78, 5) is 16.8. The number of carbonyl (C=O) groups is 1. The predicted octanol–water partition coefficient (Wildman–Crippen LogP) is 1.47. The number of aliphatic imine (C=N–C) groups is 1. The summed E-state index contributed by atoms with van der Waals surface area (Å²) >= 11 is 0. The van der Waals surface area contributed by atoms with Gasteiger partial charge in [0, 0.05) is 7.05 Å². The molecule has 15 heavy (non-hydrogen) atoms. The highest BCUT2D eigenvalue weighted by atomic mass is 16.5. The van der Waals surface area contributed by atoms with Crippen molar-refractivity contribution in [2.75, 3.05) is 13.7 Å². The minimum atomic E-state index is -0.0681. The number of hydrogen-bond acceptors (Lipinski definition) is 3. The number of aryl methyl sites for hydroxylation is 1. The van der Waals surface area contributed by atoms with Crippen LogP contribution in [-0.4, -0.2) is 30.5 Å². The number of ether oxygens (including phenoxy) is 1. The molecule has 78 valence electrons. The Hall–Kier alpha value is -1.84. The van der Waals surface area contributed by atoms with Crippen molar-refractivity contribution < 1.29 is 9.53 Å². The molecule has 0 radical (unpaired) electrons. The third-order valence-electron chi connectivity index (χ3n) is 2.21. The molecule has 1 amide bonds. The second-order valence-corrected chi connectivity index (χ2v) is 3.47. The second kappa shape index (κ2) is 3.73. The quantitative estimate of drug-likeness (QED) is 0.695. The Balaban J connectivity index is 2.27. The van der Waals surface area contributed by atoms with Crippen molar-refractivity contribution in [3.63, 3.8) is 0 Å². The van der Waals surface area contributed by atoms with Gasteiger partial charge in [-0.05, 0) is 24.6 Å². The van der Waals surface area contributed by atoms with Crippen LogP contribution >= 0.6 is 0 Å². The summed E-state index contributed by atoms with van der Waals surface area (Å²) in [6.07, 6.45) is 0. The van der Waals surface area contributed by atoms with E-state index >= 15 is 0 Å². The van der Waals surface area contributed by atoms with Crippen molar-refractivity contribution in [1.29, 1.82) is 0 Å². The highest BCUT2D eigenvalue weighted by Gasteiger charge is 2.24. The maximum absolute atomic E-state index is 11.2. The normalized spacial score (nSPS) is 18.4. The SMILES string of the molecule is Cc1cccc(N=C2OCC(=O)N2C)c1. The van der Waals surface area contributed by atoms with E-state index in [-0.39, 0.29) is 12.5 Å². The first-order valence-corrected chi connectivity index (χ1v) is 4.71. The van der Waals surface area contributed by atoms with E-state index in [2.05, 4.69) is 4.99 Å². The molecule has 1 saturated heterocycles. The molecule has 1 fully saturated rings. The molecule has 0 aliphatic carbocycles. The van der Waals surface area contributed by atoms with Crippen LogP contribution in [-0.2, 0) is 9.53 Å². The van der Waals surface area contributed by atoms with Crippen LogP contribution in [0.3, 0.4) is 0 Å². The van der Waals surface area contributed by atoms with Gasteiger partial charge < -0.3 is 4.74 Å². The molecule has 2 rings (SSSR count). The van der Waals surface area contributed by atoms with E-state index in [9.17, 15) is 4.79 Å². The lowest BCUT2D eigenvalue weighted by atomic mass is 10.2. The average Bonchev–Trinajstić information content (AvgIpc) is 2.50. The molecule has 0 atom stereocenters. The molecule has 1 heterocycles. The van der Waals surface area contributed by atoms with Gasteiger partial charge in [0.15, 0.2) is 6.61 Å². The maximum Gasteiger partial charge on any atom is 0.299 e. The zero-order valence-corrected chi connectivity index (χ0v) is 8.73. The molecule has 0 spiro atoms. The fraction of sp³-hybridized carbons (Fsp3) is 0.273. The first kappa shape index (κ1) is 9.71. The molecule has 1 aliphatic heterocycles. The molecule has 4 heteroatoms. The Kier molecular flexibility index (Phi) is 2.41. The molecule has 0 bridgehead atoms. The lowest BCUT2D eigenvalue weighted by Crippen LogP contribution is -2.24. The van der Waals surface area contributed by atoms with Gasteiger partial charge in [0.25, 0.3) is 11.9 Å². The number of hydrogen-bond donors (Lipinski definition) is 0. The zero-order valence-electron chi connectivity index (χ0n) is 8.73. The third-order valence-corrected chi connectivity index (χ3v) is 2.21. The molecular weight excluding hydrogens is 192 g/mol. The van der Waals surface area contributed by atoms with Crippen LogP contribution in [0.2, 0.25) is 0 Å². The summed E-state index contributed by atoms with van der Waals surface area (Å²) in [6, 6.07) is 8.10. The van der Waals surface area contributed by atoms with Gasteiger partial charge in [0.2, 0.25) is 0 Å². The van der Waals surface area contributed by atoms with Crippen molar-refractivity contribution in [3.8, 4) is 0 Å². The van der Waals surface area contributed by atoms with E-state index in [4.69, 9.17) is 4.74 Å². The van der Waals surface area contributed by atoms with Crippen LogP contribution in [0.15, 0.2) is 29.3 Å². The van der Waals surface area contributed by atoms with Crippen LogP contribution in [0, 0.1) is 6.92 Å². The molecular formula is C11H12N2O2. The number of nitrogens with zero attached hydrogens (tertiary/aromatic N) is 2. The standard InChI is InChI=1S/C11H12N2O2/c1-8-4-3-5-9(6-8)12-11-13(2)10(14)7-15-11/h3-6H,7H2,1-2H3. The topological polar surface area (TPSA) is 41.9 Å². The van der Waals surface area contributed by atoms with Crippen molar-refractivity contribution in [1.82, 2.24) is 4.90 Å². The monoisotopic (exact) mass is 204 g/mol. The second-order valence-electron chi connectivity index (χ2n) is 3.47. The van der Waals surface area contributed by atoms with Gasteiger partial charge in [0.1, 0.15) is 0 Å². The molecule has 1 aromatic carbocycles. The Morgan fingerprint density at radius 2 is 2.27 bits per heavy atom. The maximum atomic E-state index is 11.2. The van der Waals surface area contributed by atoms with E-state index in [0.29, 0.717) is 6.02 Å². The van der Waals surface area contributed by atoms with E-state index in [1.54, 1.807) is 7.05 Å². The summed E-state index contributed by atoms with van der Waals surface area (Å²) in [5.41, 5.74) is 1.93. The van der Waals surface area contributed by atoms with E-state index in [1.165, 1.54) is 4.90 Å². The summed E-state index contributed by atoms with van der Waals surface area (Å²) < 4.78 is 5.15. The van der Waals surface area contributed by atoms with E-state index < -0.39 is 0 Å².